The highest BCUT2D eigenvalue weighted by Gasteiger charge is 2.14. The Hall–Kier alpha value is -5.32. The van der Waals surface area contributed by atoms with Gasteiger partial charge in [-0.1, -0.05) is 115 Å². The standard InChI is InChI=1S/C39H26N2OS/c1-2-26(28-20-21-35-33(23-28)37-39(43-35)36(40-24-41-37)27-11-4-3-5-12-27)19-18-25-10-8-13-29(22-25)30-15-9-16-32-31-14-6-7-17-34(31)42-38(30)32/h2-17,19-24H,1,18H2/b26-19+/i1D,2D,3D,4D,5D,6D,7D,8D,9D,10D,11D,12D,13D,14D,15D,16D,17D,19D,22D/b2-1?,26-19+. The quantitative estimate of drug-likeness (QED) is 0.181. The van der Waals surface area contributed by atoms with E-state index in [2.05, 4.69) is 9.97 Å². The Labute approximate surface area is 279 Å². The highest BCUT2D eigenvalue weighted by Crippen LogP contribution is 2.39. The Morgan fingerprint density at radius 1 is 0.884 bits per heavy atom. The number of hydrogen-bond donors (Lipinski definition) is 0. The minimum atomic E-state index is -0.738. The molecule has 0 N–H and O–H groups in total. The second-order valence-electron chi connectivity index (χ2n) is 9.20. The van der Waals surface area contributed by atoms with Crippen LogP contribution in [0.2, 0.25) is 0 Å². The first-order valence-electron chi connectivity index (χ1n) is 22.3. The van der Waals surface area contributed by atoms with Crippen molar-refractivity contribution < 1.29 is 30.5 Å². The number of allylic oxidation sites excluding steroid dienone is 3. The van der Waals surface area contributed by atoms with Crippen molar-refractivity contribution in [1.82, 2.24) is 9.97 Å². The van der Waals surface area contributed by atoms with Gasteiger partial charge in [-0.3, -0.25) is 0 Å². The summed E-state index contributed by atoms with van der Waals surface area (Å²) in [5.41, 5.74) is -1.66. The van der Waals surface area contributed by atoms with Gasteiger partial charge in [0.15, 0.2) is 0 Å². The van der Waals surface area contributed by atoms with Crippen LogP contribution in [0.15, 0.2) is 144 Å². The summed E-state index contributed by atoms with van der Waals surface area (Å²) in [7, 11) is 0. The lowest BCUT2D eigenvalue weighted by Crippen LogP contribution is -1.88. The largest absolute Gasteiger partial charge is 0.455 e. The predicted octanol–water partition coefficient (Wildman–Crippen LogP) is 10.9. The number of aromatic nitrogens is 2. The summed E-state index contributed by atoms with van der Waals surface area (Å²) < 4.78 is 169. The Kier molecular flexibility index (Phi) is 3.05. The van der Waals surface area contributed by atoms with E-state index >= 15 is 0 Å². The number of thiophene rings is 1. The van der Waals surface area contributed by atoms with Crippen molar-refractivity contribution in [2.24, 2.45) is 0 Å². The van der Waals surface area contributed by atoms with Crippen molar-refractivity contribution >= 4 is 59.2 Å². The van der Waals surface area contributed by atoms with Gasteiger partial charge >= 0.3 is 0 Å². The molecule has 0 fully saturated rings. The van der Waals surface area contributed by atoms with E-state index in [1.54, 1.807) is 18.2 Å². The van der Waals surface area contributed by atoms with E-state index in [9.17, 15) is 2.74 Å². The van der Waals surface area contributed by atoms with Crippen LogP contribution < -0.4 is 0 Å². The van der Waals surface area contributed by atoms with Gasteiger partial charge in [-0.15, -0.1) is 11.3 Å². The molecule has 0 aliphatic carbocycles. The summed E-state index contributed by atoms with van der Waals surface area (Å²) >= 11 is 1.18. The van der Waals surface area contributed by atoms with E-state index in [1.165, 1.54) is 17.7 Å². The van der Waals surface area contributed by atoms with Crippen LogP contribution in [0.3, 0.4) is 0 Å². The molecule has 3 aromatic heterocycles. The van der Waals surface area contributed by atoms with Crippen molar-refractivity contribution in [3.63, 3.8) is 0 Å². The van der Waals surface area contributed by atoms with E-state index in [-0.39, 0.29) is 38.7 Å². The van der Waals surface area contributed by atoms with Gasteiger partial charge in [-0.2, -0.15) is 0 Å². The monoisotopic (exact) mass is 589 g/mol. The van der Waals surface area contributed by atoms with Crippen molar-refractivity contribution in [2.45, 2.75) is 6.42 Å². The number of nitrogens with zero attached hydrogens (tertiary/aromatic N) is 2. The molecule has 0 radical (unpaired) electrons. The molecule has 0 saturated heterocycles. The zero-order valence-electron chi connectivity index (χ0n) is 40.8. The molecule has 4 heteroatoms. The van der Waals surface area contributed by atoms with Crippen molar-refractivity contribution in [3.8, 4) is 22.4 Å². The minimum absolute atomic E-state index is 0.0953. The minimum Gasteiger partial charge on any atom is -0.455 e. The molecular formula is C39H26N2OS. The molecule has 3 nitrogen and oxygen atoms in total. The molecule has 0 aliphatic rings. The van der Waals surface area contributed by atoms with Gasteiger partial charge in [0.2, 0.25) is 0 Å². The SMILES string of the molecule is [2H]C=C([2H])/C(=C(/[2H])Cc1c([2H])c([2H])c([2H])c(-c2c([2H])c([2H])c([2H])c3c2oc2c([2H])c([2H])c([2H])c([2H])c23)c1[2H])c1ccc2sc3c(-c4c([2H])c([2H])c([2H])c([2H])c4[2H])ncnc3c2c1. The molecule has 0 amide bonds. The predicted molar refractivity (Wildman–Crippen MR) is 181 cm³/mol. The molecule has 0 atom stereocenters. The second kappa shape index (κ2) is 10.5. The fraction of sp³-hybridized carbons (Fsp3) is 0.0256. The van der Waals surface area contributed by atoms with Gasteiger partial charge in [-0.05, 0) is 46.9 Å². The smallest absolute Gasteiger partial charge is 0.143 e. The summed E-state index contributed by atoms with van der Waals surface area (Å²) in [6.45, 7) is 0.685. The third-order valence-corrected chi connectivity index (χ3v) is 7.89. The fourth-order valence-corrected chi connectivity index (χ4v) is 5.92. The lowest BCUT2D eigenvalue weighted by molar-refractivity contribution is 0.670. The number of para-hydroxylation sites is 2. The highest BCUT2D eigenvalue weighted by molar-refractivity contribution is 7.26. The molecular weight excluding hydrogens is 545 g/mol. The molecule has 43 heavy (non-hydrogen) atoms. The Morgan fingerprint density at radius 2 is 1.72 bits per heavy atom. The van der Waals surface area contributed by atoms with Gasteiger partial charge in [0.25, 0.3) is 0 Å². The summed E-state index contributed by atoms with van der Waals surface area (Å²) in [5, 5.41) is -0.0675. The number of rotatable bonds is 6. The van der Waals surface area contributed by atoms with Crippen molar-refractivity contribution in [1.29, 1.82) is 0 Å². The van der Waals surface area contributed by atoms with Crippen LogP contribution in [-0.4, -0.2) is 9.97 Å². The van der Waals surface area contributed by atoms with Crippen LogP contribution in [0.25, 0.3) is 70.2 Å². The summed E-state index contributed by atoms with van der Waals surface area (Å²) in [6, 6.07) is -5.93. The Bertz CT molecular complexity index is 3360. The Morgan fingerprint density at radius 3 is 2.65 bits per heavy atom. The normalized spacial score (nSPS) is 19.0. The maximum Gasteiger partial charge on any atom is 0.143 e. The fourth-order valence-electron chi connectivity index (χ4n) is 4.79. The van der Waals surface area contributed by atoms with Gasteiger partial charge in [0.05, 0.1) is 42.0 Å². The lowest BCUT2D eigenvalue weighted by atomic mass is 9.98. The third-order valence-electron chi connectivity index (χ3n) is 6.73. The van der Waals surface area contributed by atoms with Crippen molar-refractivity contribution in [3.05, 3.63) is 151 Å². The van der Waals surface area contributed by atoms with E-state index < -0.39 is 137 Å². The molecule has 8 rings (SSSR count). The molecule has 0 spiro atoms. The van der Waals surface area contributed by atoms with Gasteiger partial charge in [-0.25, -0.2) is 9.97 Å². The summed E-state index contributed by atoms with van der Waals surface area (Å²) in [5.74, 6) is 0. The average molecular weight is 590 g/mol. The third kappa shape index (κ3) is 4.44. The Balaban J connectivity index is 1.33. The van der Waals surface area contributed by atoms with Crippen molar-refractivity contribution in [2.75, 3.05) is 0 Å². The molecule has 5 aromatic carbocycles. The van der Waals surface area contributed by atoms with E-state index in [1.807, 2.05) is 0 Å². The zero-order chi connectivity index (χ0) is 45.1. The van der Waals surface area contributed by atoms with E-state index in [0.717, 1.165) is 0 Å². The molecule has 8 aromatic rings. The second-order valence-corrected chi connectivity index (χ2v) is 10.3. The lowest BCUT2D eigenvalue weighted by Gasteiger charge is -2.07. The molecule has 0 aliphatic heterocycles. The molecule has 3 heterocycles. The van der Waals surface area contributed by atoms with Crippen LogP contribution in [0.1, 0.15) is 37.2 Å². The van der Waals surface area contributed by atoms with Crippen LogP contribution >= 0.6 is 11.3 Å². The van der Waals surface area contributed by atoms with Crippen LogP contribution in [0.4, 0.5) is 0 Å². The van der Waals surface area contributed by atoms with E-state index in [0.29, 0.717) is 26.9 Å². The van der Waals surface area contributed by atoms with Gasteiger partial charge < -0.3 is 4.42 Å². The van der Waals surface area contributed by atoms with Gasteiger partial charge in [0, 0.05) is 32.0 Å². The number of benzene rings is 5. The first kappa shape index (κ1) is 12.5. The number of furan rings is 1. The summed E-state index contributed by atoms with van der Waals surface area (Å²) in [4.78, 5) is 8.71. The first-order valence-corrected chi connectivity index (χ1v) is 13.6. The molecule has 0 unspecified atom stereocenters. The van der Waals surface area contributed by atoms with Gasteiger partial charge in [0.1, 0.15) is 17.5 Å². The van der Waals surface area contributed by atoms with E-state index in [4.69, 9.17) is 27.7 Å². The molecule has 0 saturated carbocycles. The average Bonchev–Trinajstić information content (AvgIpc) is 3.84. The van der Waals surface area contributed by atoms with Crippen LogP contribution in [0, 0.1) is 0 Å². The van der Waals surface area contributed by atoms with Crippen LogP contribution in [-0.2, 0) is 6.42 Å². The number of fused-ring (bicyclic) bond motifs is 6. The number of hydrogen-bond acceptors (Lipinski definition) is 4. The van der Waals surface area contributed by atoms with Crippen LogP contribution in [0.5, 0.6) is 0 Å². The topological polar surface area (TPSA) is 38.9 Å². The zero-order valence-corrected chi connectivity index (χ0v) is 22.6. The maximum absolute atomic E-state index is 9.31. The maximum atomic E-state index is 9.31. The first-order chi connectivity index (χ1) is 29.2. The molecule has 204 valence electrons. The summed E-state index contributed by atoms with van der Waals surface area (Å²) in [6.07, 6.45) is 0.562. The highest BCUT2D eigenvalue weighted by atomic mass is 32.1. The molecule has 0 bridgehead atoms.